The van der Waals surface area contributed by atoms with E-state index in [1.807, 2.05) is 18.2 Å². The van der Waals surface area contributed by atoms with E-state index in [0.717, 1.165) is 18.6 Å². The first-order chi connectivity index (χ1) is 16.4. The quantitative estimate of drug-likeness (QED) is 0.191. The number of esters is 1. The Kier molecular flexibility index (Phi) is 7.33. The number of unbranched alkanes of at least 4 members (excludes halogenated alkanes) is 1. The van der Waals surface area contributed by atoms with E-state index < -0.39 is 12.2 Å². The maximum absolute atomic E-state index is 12.9. The van der Waals surface area contributed by atoms with Gasteiger partial charge in [0, 0.05) is 35.7 Å². The molecule has 0 radical (unpaired) electrons. The van der Waals surface area contributed by atoms with E-state index in [-0.39, 0.29) is 17.5 Å². The summed E-state index contributed by atoms with van der Waals surface area (Å²) in [6.45, 7) is 4.87. The highest BCUT2D eigenvalue weighted by Gasteiger charge is 2.35. The van der Waals surface area contributed by atoms with Crippen LogP contribution in [0.3, 0.4) is 0 Å². The van der Waals surface area contributed by atoms with Gasteiger partial charge in [-0.25, -0.2) is 0 Å². The van der Waals surface area contributed by atoms with Crippen molar-refractivity contribution in [2.45, 2.75) is 45.0 Å². The number of fused-ring (bicyclic) bond motifs is 3. The summed E-state index contributed by atoms with van der Waals surface area (Å²) in [6, 6.07) is 12.1. The molecule has 34 heavy (non-hydrogen) atoms. The lowest BCUT2D eigenvalue weighted by atomic mass is 10.1. The molecule has 0 saturated heterocycles. The van der Waals surface area contributed by atoms with Gasteiger partial charge in [-0.2, -0.15) is 4.98 Å². The maximum atomic E-state index is 12.9. The highest BCUT2D eigenvalue weighted by atomic mass is 35.5. The van der Waals surface area contributed by atoms with Crippen molar-refractivity contribution in [3.8, 4) is 22.9 Å². The molecule has 1 amide bonds. The van der Waals surface area contributed by atoms with Gasteiger partial charge in [0.15, 0.2) is 5.69 Å². The van der Waals surface area contributed by atoms with Gasteiger partial charge in [0.25, 0.3) is 0 Å². The van der Waals surface area contributed by atoms with Crippen LogP contribution in [-0.2, 0) is 9.59 Å². The zero-order valence-corrected chi connectivity index (χ0v) is 20.5. The lowest BCUT2D eigenvalue weighted by molar-refractivity contribution is -0.131. The predicted octanol–water partition coefficient (Wildman–Crippen LogP) is 5.45. The Morgan fingerprint density at radius 2 is 1.97 bits per heavy atom. The van der Waals surface area contributed by atoms with E-state index in [2.05, 4.69) is 22.1 Å². The molecule has 0 N–H and O–H groups in total. The minimum Gasteiger partial charge on any atom is -0.447 e. The summed E-state index contributed by atoms with van der Waals surface area (Å²) in [5.41, 5.74) is 2.11. The Labute approximate surface area is 206 Å². The number of carbonyl (C=O) groups is 2. The molecule has 1 aliphatic rings. The fourth-order valence-corrected chi connectivity index (χ4v) is 4.64. The van der Waals surface area contributed by atoms with Crippen LogP contribution in [0.5, 0.6) is 11.6 Å². The van der Waals surface area contributed by atoms with Gasteiger partial charge in [-0.05, 0) is 30.7 Å². The van der Waals surface area contributed by atoms with Crippen molar-refractivity contribution in [2.75, 3.05) is 10.7 Å². The Morgan fingerprint density at radius 3 is 2.71 bits per heavy atom. The number of carbonyl (C=O) groups excluding carboxylic acids is 2. The molecule has 0 fully saturated rings. The van der Waals surface area contributed by atoms with Gasteiger partial charge in [-0.3, -0.25) is 14.5 Å². The number of ether oxygens (including phenoxy) is 2. The molecule has 4 rings (SSSR count). The fourth-order valence-electron chi connectivity index (χ4n) is 3.56. The number of amides is 1. The van der Waals surface area contributed by atoms with Crippen molar-refractivity contribution in [3.63, 3.8) is 0 Å². The topological polar surface area (TPSA) is 94.5 Å². The third-order valence-corrected chi connectivity index (χ3v) is 6.34. The summed E-state index contributed by atoms with van der Waals surface area (Å²) >= 11 is 8.04. The van der Waals surface area contributed by atoms with Crippen molar-refractivity contribution in [3.05, 3.63) is 53.1 Å². The Bertz CT molecular complexity index is 1240. The SMILES string of the molecule is CCCCSc1nnc2c(n1)O[C@H](c1cc(OC(C)=O)ccc1Cl)N(C(C)=O)c1ccccc1-2. The first kappa shape index (κ1) is 24.0. The summed E-state index contributed by atoms with van der Waals surface area (Å²) in [5, 5.41) is 9.50. The number of halogens is 1. The number of hydrogen-bond acceptors (Lipinski definition) is 8. The fraction of sp³-hybridized carbons (Fsp3) is 0.292. The van der Waals surface area contributed by atoms with Crippen molar-refractivity contribution in [1.82, 2.24) is 15.2 Å². The van der Waals surface area contributed by atoms with Crippen molar-refractivity contribution < 1.29 is 19.1 Å². The minimum atomic E-state index is -0.979. The van der Waals surface area contributed by atoms with E-state index >= 15 is 0 Å². The summed E-state index contributed by atoms with van der Waals surface area (Å²) in [4.78, 5) is 30.5. The van der Waals surface area contributed by atoms with E-state index in [1.54, 1.807) is 24.3 Å². The molecule has 10 heteroatoms. The third kappa shape index (κ3) is 5.00. The van der Waals surface area contributed by atoms with Crippen molar-refractivity contribution >= 4 is 40.9 Å². The van der Waals surface area contributed by atoms with E-state index in [9.17, 15) is 9.59 Å². The highest BCUT2D eigenvalue weighted by molar-refractivity contribution is 7.99. The van der Waals surface area contributed by atoms with Crippen LogP contribution in [-0.4, -0.2) is 32.8 Å². The Hall–Kier alpha value is -3.17. The second-order valence-corrected chi connectivity index (χ2v) is 9.07. The maximum Gasteiger partial charge on any atom is 0.308 e. The first-order valence-corrected chi connectivity index (χ1v) is 12.2. The van der Waals surface area contributed by atoms with Crippen molar-refractivity contribution in [2.24, 2.45) is 0 Å². The second-order valence-electron chi connectivity index (χ2n) is 7.60. The summed E-state index contributed by atoms with van der Waals surface area (Å²) in [7, 11) is 0. The Morgan fingerprint density at radius 1 is 1.18 bits per heavy atom. The predicted molar refractivity (Wildman–Crippen MR) is 130 cm³/mol. The molecule has 176 valence electrons. The van der Waals surface area contributed by atoms with Gasteiger partial charge in [-0.1, -0.05) is 54.9 Å². The number of hydrogen-bond donors (Lipinski definition) is 0. The number of nitrogens with zero attached hydrogens (tertiary/aromatic N) is 4. The lowest BCUT2D eigenvalue weighted by Gasteiger charge is -2.30. The summed E-state index contributed by atoms with van der Waals surface area (Å²) in [5.74, 6) is 0.634. The van der Waals surface area contributed by atoms with Gasteiger partial charge < -0.3 is 9.47 Å². The molecule has 0 unspecified atom stereocenters. The zero-order valence-electron chi connectivity index (χ0n) is 18.9. The molecule has 1 aliphatic heterocycles. The second kappa shape index (κ2) is 10.4. The van der Waals surface area contributed by atoms with Gasteiger partial charge in [0.1, 0.15) is 5.75 Å². The molecule has 2 heterocycles. The standard InChI is InChI=1S/C24H23ClN4O4S/c1-4-5-12-34-24-26-22-21(27-28-24)17-8-6-7-9-20(17)29(14(2)30)23(33-22)18-13-16(32-15(3)31)10-11-19(18)25/h6-11,13,23H,4-5,12H2,1-3H3/t23-/m1/s1. The molecule has 0 saturated carbocycles. The van der Waals surface area contributed by atoms with Gasteiger partial charge in [0.2, 0.25) is 23.2 Å². The van der Waals surface area contributed by atoms with Gasteiger partial charge >= 0.3 is 5.97 Å². The first-order valence-electron chi connectivity index (χ1n) is 10.8. The van der Waals surface area contributed by atoms with Crippen LogP contribution in [0.1, 0.15) is 45.4 Å². The largest absolute Gasteiger partial charge is 0.447 e. The van der Waals surface area contributed by atoms with Gasteiger partial charge in [0.05, 0.1) is 5.69 Å². The molecule has 1 aromatic heterocycles. The number of aromatic nitrogens is 3. The smallest absolute Gasteiger partial charge is 0.308 e. The van der Waals surface area contributed by atoms with Crippen LogP contribution in [0.15, 0.2) is 47.6 Å². The van der Waals surface area contributed by atoms with Crippen molar-refractivity contribution in [1.29, 1.82) is 0 Å². The highest BCUT2D eigenvalue weighted by Crippen LogP contribution is 2.45. The normalized spacial score (nSPS) is 14.5. The molecular formula is C24H23ClN4O4S. The number of para-hydroxylation sites is 1. The van der Waals surface area contributed by atoms with E-state index in [0.29, 0.717) is 32.7 Å². The van der Waals surface area contributed by atoms with Crippen LogP contribution >= 0.6 is 23.4 Å². The molecule has 0 aliphatic carbocycles. The van der Waals surface area contributed by atoms with Crippen LogP contribution in [0.4, 0.5) is 5.69 Å². The van der Waals surface area contributed by atoms with Crippen LogP contribution in [0, 0.1) is 0 Å². The van der Waals surface area contributed by atoms with Crippen LogP contribution < -0.4 is 14.4 Å². The number of benzene rings is 2. The molecule has 3 aromatic rings. The molecule has 0 bridgehead atoms. The number of anilines is 1. The number of rotatable bonds is 6. The molecule has 1 atom stereocenters. The monoisotopic (exact) mass is 498 g/mol. The average molecular weight is 499 g/mol. The minimum absolute atomic E-state index is 0.240. The lowest BCUT2D eigenvalue weighted by Crippen LogP contribution is -2.36. The molecule has 2 aromatic carbocycles. The zero-order chi connectivity index (χ0) is 24.2. The Balaban J connectivity index is 1.87. The number of thioether (sulfide) groups is 1. The third-order valence-electron chi connectivity index (χ3n) is 5.08. The average Bonchev–Trinajstić information content (AvgIpc) is 2.94. The molecule has 8 nitrogen and oxygen atoms in total. The summed E-state index contributed by atoms with van der Waals surface area (Å²) in [6.07, 6.45) is 1.10. The molecule has 0 spiro atoms. The van der Waals surface area contributed by atoms with Crippen LogP contribution in [0.2, 0.25) is 5.02 Å². The van der Waals surface area contributed by atoms with E-state index in [1.165, 1.54) is 30.5 Å². The molecular weight excluding hydrogens is 476 g/mol. The van der Waals surface area contributed by atoms with Gasteiger partial charge in [-0.15, -0.1) is 10.2 Å². The van der Waals surface area contributed by atoms with Crippen LogP contribution in [0.25, 0.3) is 11.3 Å². The summed E-state index contributed by atoms with van der Waals surface area (Å²) < 4.78 is 11.6. The van der Waals surface area contributed by atoms with E-state index in [4.69, 9.17) is 21.1 Å².